The molecular weight excluding hydrogens is 271 g/mol. The number of carbonyl (C=O) groups is 1. The zero-order chi connectivity index (χ0) is 14.9. The van der Waals surface area contributed by atoms with Gasteiger partial charge >= 0.3 is 12.1 Å². The second kappa shape index (κ2) is 5.44. The van der Waals surface area contributed by atoms with Crippen LogP contribution in [-0.2, 0) is 22.3 Å². The summed E-state index contributed by atoms with van der Waals surface area (Å²) in [7, 11) is 1.77. The third-order valence-corrected chi connectivity index (χ3v) is 3.39. The largest absolute Gasteiger partial charge is 0.461 e. The molecule has 1 aliphatic heterocycles. The Bertz CT molecular complexity index is 484. The molecule has 3 nitrogen and oxygen atoms in total. The lowest BCUT2D eigenvalue weighted by atomic mass is 10.1. The minimum absolute atomic E-state index is 0.109. The van der Waals surface area contributed by atoms with Crippen molar-refractivity contribution in [1.82, 2.24) is 4.90 Å². The van der Waals surface area contributed by atoms with Gasteiger partial charge in [0.1, 0.15) is 12.1 Å². The maximum atomic E-state index is 12.5. The number of nitrogens with zero attached hydrogens (tertiary/aromatic N) is 1. The summed E-state index contributed by atoms with van der Waals surface area (Å²) in [5, 5.41) is 0. The van der Waals surface area contributed by atoms with Crippen molar-refractivity contribution in [2.24, 2.45) is 0 Å². The Labute approximate surface area is 115 Å². The van der Waals surface area contributed by atoms with Crippen LogP contribution in [0, 0.1) is 0 Å². The van der Waals surface area contributed by atoms with Gasteiger partial charge in [-0.05, 0) is 31.7 Å². The SMILES string of the molecule is CC1CC(N(C)Cc2ccc(C(F)(F)F)cc2)C(=O)O1. The van der Waals surface area contributed by atoms with E-state index >= 15 is 0 Å². The highest BCUT2D eigenvalue weighted by molar-refractivity contribution is 5.77. The van der Waals surface area contributed by atoms with Crippen molar-refractivity contribution in [3.63, 3.8) is 0 Å². The molecule has 0 saturated carbocycles. The van der Waals surface area contributed by atoms with Gasteiger partial charge in [0.2, 0.25) is 0 Å². The van der Waals surface area contributed by atoms with Crippen LogP contribution in [0.25, 0.3) is 0 Å². The first kappa shape index (κ1) is 14.8. The van der Waals surface area contributed by atoms with Crippen LogP contribution in [0.4, 0.5) is 13.2 Å². The number of carbonyl (C=O) groups excluding carboxylic acids is 1. The Balaban J connectivity index is 2.01. The van der Waals surface area contributed by atoms with Gasteiger partial charge in [-0.25, -0.2) is 0 Å². The quantitative estimate of drug-likeness (QED) is 0.801. The number of alkyl halides is 3. The van der Waals surface area contributed by atoms with Crippen molar-refractivity contribution in [1.29, 1.82) is 0 Å². The number of ether oxygens (including phenoxy) is 1. The molecule has 0 aliphatic carbocycles. The smallest absolute Gasteiger partial charge is 0.416 e. The van der Waals surface area contributed by atoms with Gasteiger partial charge in [-0.2, -0.15) is 13.2 Å². The molecule has 0 aromatic heterocycles. The summed E-state index contributed by atoms with van der Waals surface area (Å²) in [5.74, 6) is -0.271. The number of esters is 1. The molecule has 2 rings (SSSR count). The fraction of sp³-hybridized carbons (Fsp3) is 0.500. The molecule has 1 saturated heterocycles. The van der Waals surface area contributed by atoms with Crippen molar-refractivity contribution < 1.29 is 22.7 Å². The van der Waals surface area contributed by atoms with Crippen LogP contribution < -0.4 is 0 Å². The molecule has 2 atom stereocenters. The normalized spacial score (nSPS) is 23.2. The summed E-state index contributed by atoms with van der Waals surface area (Å²) >= 11 is 0. The number of hydrogen-bond acceptors (Lipinski definition) is 3. The molecule has 0 bridgehead atoms. The summed E-state index contributed by atoms with van der Waals surface area (Å²) < 4.78 is 42.4. The summed E-state index contributed by atoms with van der Waals surface area (Å²) in [6.07, 6.45) is -3.83. The highest BCUT2D eigenvalue weighted by Gasteiger charge is 2.35. The summed E-state index contributed by atoms with van der Waals surface area (Å²) in [5.41, 5.74) is 0.0608. The topological polar surface area (TPSA) is 29.5 Å². The fourth-order valence-electron chi connectivity index (χ4n) is 2.29. The first-order chi connectivity index (χ1) is 9.27. The van der Waals surface area contributed by atoms with E-state index in [9.17, 15) is 18.0 Å². The van der Waals surface area contributed by atoms with Gasteiger partial charge in [0.15, 0.2) is 0 Å². The molecule has 1 aliphatic rings. The van der Waals surface area contributed by atoms with E-state index in [2.05, 4.69) is 0 Å². The zero-order valence-corrected chi connectivity index (χ0v) is 11.3. The standard InChI is InChI=1S/C14H16F3NO2/c1-9-7-12(13(19)20-9)18(2)8-10-3-5-11(6-4-10)14(15,16)17/h3-6,9,12H,7-8H2,1-2H3. The number of benzene rings is 1. The van der Waals surface area contributed by atoms with E-state index in [0.717, 1.165) is 17.7 Å². The van der Waals surface area contributed by atoms with E-state index in [1.807, 2.05) is 6.92 Å². The van der Waals surface area contributed by atoms with Crippen LogP contribution in [0.1, 0.15) is 24.5 Å². The highest BCUT2D eigenvalue weighted by Crippen LogP contribution is 2.29. The summed E-state index contributed by atoms with van der Waals surface area (Å²) in [4.78, 5) is 13.4. The third-order valence-electron chi connectivity index (χ3n) is 3.39. The average Bonchev–Trinajstić information content (AvgIpc) is 2.68. The molecule has 0 N–H and O–H groups in total. The van der Waals surface area contributed by atoms with Crippen molar-refractivity contribution >= 4 is 5.97 Å². The average molecular weight is 287 g/mol. The Morgan fingerprint density at radius 3 is 2.35 bits per heavy atom. The lowest BCUT2D eigenvalue weighted by Gasteiger charge is -2.21. The molecule has 0 spiro atoms. The van der Waals surface area contributed by atoms with Crippen LogP contribution in [0.2, 0.25) is 0 Å². The molecule has 20 heavy (non-hydrogen) atoms. The minimum atomic E-state index is -4.32. The molecule has 1 heterocycles. The lowest BCUT2D eigenvalue weighted by Crippen LogP contribution is -2.34. The molecule has 110 valence electrons. The van der Waals surface area contributed by atoms with Gasteiger partial charge in [-0.15, -0.1) is 0 Å². The number of halogens is 3. The Kier molecular flexibility index (Phi) is 4.04. The Hall–Kier alpha value is -1.56. The maximum absolute atomic E-state index is 12.5. The van der Waals surface area contributed by atoms with Gasteiger partial charge < -0.3 is 4.74 Å². The Morgan fingerprint density at radius 2 is 1.90 bits per heavy atom. The van der Waals surface area contributed by atoms with Crippen molar-refractivity contribution in [3.8, 4) is 0 Å². The van der Waals surface area contributed by atoms with Crippen LogP contribution in [0.3, 0.4) is 0 Å². The maximum Gasteiger partial charge on any atom is 0.416 e. The molecule has 0 radical (unpaired) electrons. The van der Waals surface area contributed by atoms with Crippen LogP contribution in [-0.4, -0.2) is 30.1 Å². The number of cyclic esters (lactones) is 1. The van der Waals surface area contributed by atoms with Gasteiger partial charge in [0.05, 0.1) is 5.56 Å². The fourth-order valence-corrected chi connectivity index (χ4v) is 2.29. The van der Waals surface area contributed by atoms with Crippen molar-refractivity contribution in [2.45, 2.75) is 38.2 Å². The van der Waals surface area contributed by atoms with E-state index in [1.54, 1.807) is 11.9 Å². The molecule has 2 unspecified atom stereocenters. The van der Waals surface area contributed by atoms with Gasteiger partial charge in [-0.3, -0.25) is 9.69 Å². The van der Waals surface area contributed by atoms with Crippen molar-refractivity contribution in [3.05, 3.63) is 35.4 Å². The Morgan fingerprint density at radius 1 is 1.30 bits per heavy atom. The molecule has 1 aromatic carbocycles. The number of hydrogen-bond donors (Lipinski definition) is 0. The second-order valence-corrected chi connectivity index (χ2v) is 5.11. The first-order valence-electron chi connectivity index (χ1n) is 6.34. The van der Waals surface area contributed by atoms with E-state index in [4.69, 9.17) is 4.74 Å². The molecule has 0 amide bonds. The van der Waals surface area contributed by atoms with Crippen LogP contribution >= 0.6 is 0 Å². The molecule has 6 heteroatoms. The minimum Gasteiger partial charge on any atom is -0.461 e. The predicted molar refractivity (Wildman–Crippen MR) is 66.9 cm³/mol. The lowest BCUT2D eigenvalue weighted by molar-refractivity contribution is -0.144. The summed E-state index contributed by atoms with van der Waals surface area (Å²) in [6, 6.07) is 4.65. The number of likely N-dealkylation sites (N-methyl/N-ethyl adjacent to an activating group) is 1. The van der Waals surface area contributed by atoms with E-state index < -0.39 is 11.7 Å². The first-order valence-corrected chi connectivity index (χ1v) is 6.34. The number of rotatable bonds is 3. The van der Waals surface area contributed by atoms with Crippen LogP contribution in [0.15, 0.2) is 24.3 Å². The predicted octanol–water partition coefficient (Wildman–Crippen LogP) is 2.84. The van der Waals surface area contributed by atoms with Crippen molar-refractivity contribution in [2.75, 3.05) is 7.05 Å². The molecule has 1 fully saturated rings. The molecule has 1 aromatic rings. The summed E-state index contributed by atoms with van der Waals surface area (Å²) in [6.45, 7) is 2.23. The zero-order valence-electron chi connectivity index (χ0n) is 11.3. The van der Waals surface area contributed by atoms with Gasteiger partial charge in [0, 0.05) is 13.0 Å². The van der Waals surface area contributed by atoms with Gasteiger partial charge in [0.25, 0.3) is 0 Å². The highest BCUT2D eigenvalue weighted by atomic mass is 19.4. The molecular formula is C14H16F3NO2. The van der Waals surface area contributed by atoms with E-state index in [-0.39, 0.29) is 18.1 Å². The van der Waals surface area contributed by atoms with Crippen LogP contribution in [0.5, 0.6) is 0 Å². The van der Waals surface area contributed by atoms with Gasteiger partial charge in [-0.1, -0.05) is 12.1 Å². The monoisotopic (exact) mass is 287 g/mol. The third kappa shape index (κ3) is 3.30. The second-order valence-electron chi connectivity index (χ2n) is 5.11. The van der Waals surface area contributed by atoms with E-state index in [1.165, 1.54) is 12.1 Å². The van der Waals surface area contributed by atoms with E-state index in [0.29, 0.717) is 13.0 Å².